The molecule has 6 heterocycles. The molecule has 20 heteroatoms. The standard InChI is InChI=1S/C22H23ClN6O3.C21H23Cl2N5O3.CH4/c1-4-17-12(2)19(31-13(3)30)22(32-17)29-21-16(11-26-29)20(27-18(9-24)28-21)25-10-14-6-5-7-15(23)8-14;1-4-16-11(2)17(30-12(3)29)20(31-16)28-19-15(10-25-28)18(26-21(23)27-19)24-9-13-6-5-7-14(22)8-13;/h5-8,11-12,17,19,22H,4,10H2,1-3H3,(H,25,27,28);5-8,10-11,16-17,20H,4,9H2,1-3H3,(H,24,26,27);1H4/t12-,17-,19?,22-;11-,16-,17?,20-;/m11./s1. The van der Waals surface area contributed by atoms with Gasteiger partial charge >= 0.3 is 11.9 Å². The van der Waals surface area contributed by atoms with Gasteiger partial charge in [0.25, 0.3) is 0 Å². The van der Waals surface area contributed by atoms with Gasteiger partial charge < -0.3 is 29.6 Å². The van der Waals surface area contributed by atoms with Crippen LogP contribution in [0.2, 0.25) is 15.3 Å². The molecule has 2 aromatic carbocycles. The lowest BCUT2D eigenvalue weighted by atomic mass is 9.98. The van der Waals surface area contributed by atoms with E-state index < -0.39 is 24.7 Å². The van der Waals surface area contributed by atoms with E-state index in [2.05, 4.69) is 40.8 Å². The van der Waals surface area contributed by atoms with Gasteiger partial charge in [-0.15, -0.1) is 0 Å². The first-order valence-corrected chi connectivity index (χ1v) is 21.6. The molecule has 8 rings (SSSR count). The molecule has 8 atom stereocenters. The van der Waals surface area contributed by atoms with Gasteiger partial charge in [-0.2, -0.15) is 30.4 Å². The molecule has 2 fully saturated rings. The predicted octanol–water partition coefficient (Wildman–Crippen LogP) is 9.10. The zero-order valence-corrected chi connectivity index (χ0v) is 37.6. The molecular formula is C44H50Cl3N11O6. The summed E-state index contributed by atoms with van der Waals surface area (Å²) >= 11 is 18.4. The van der Waals surface area contributed by atoms with Gasteiger partial charge in [0.05, 0.1) is 35.4 Å². The highest BCUT2D eigenvalue weighted by molar-refractivity contribution is 6.31. The number of carbonyl (C=O) groups is 2. The molecule has 2 unspecified atom stereocenters. The number of hydrogen-bond donors (Lipinski definition) is 2. The van der Waals surface area contributed by atoms with Crippen molar-refractivity contribution in [1.82, 2.24) is 39.5 Å². The SMILES string of the molecule is C.CC[C@H]1O[C@@H](n2ncc3c(NCc4cccc(Cl)c4)nc(C#N)nc32)C(OC(C)=O)[C@@H]1C.CC[C@H]1O[C@@H](n2ncc3c(NCc4cccc(Cl)c4)nc(Cl)nc32)C(OC(C)=O)[C@@H]1C. The van der Waals surface area contributed by atoms with Crippen LogP contribution in [0.1, 0.15) is 91.2 Å². The van der Waals surface area contributed by atoms with E-state index in [9.17, 15) is 14.9 Å². The molecule has 2 N–H and O–H groups in total. The van der Waals surface area contributed by atoms with Crippen LogP contribution in [0.15, 0.2) is 60.9 Å². The molecule has 2 saturated heterocycles. The Morgan fingerprint density at radius 2 is 1.19 bits per heavy atom. The number of fused-ring (bicyclic) bond motifs is 2. The Morgan fingerprint density at radius 1 is 0.734 bits per heavy atom. The fraction of sp³-hybridized carbons (Fsp3) is 0.432. The van der Waals surface area contributed by atoms with E-state index in [4.69, 9.17) is 53.8 Å². The topological polar surface area (TPSA) is 206 Å². The van der Waals surface area contributed by atoms with Crippen molar-refractivity contribution in [1.29, 1.82) is 5.26 Å². The third-order valence-electron chi connectivity index (χ3n) is 11.0. The van der Waals surface area contributed by atoms with Gasteiger partial charge in [-0.3, -0.25) is 9.59 Å². The van der Waals surface area contributed by atoms with Gasteiger partial charge in [0.15, 0.2) is 36.0 Å². The average molecular weight is 935 g/mol. The second-order valence-electron chi connectivity index (χ2n) is 15.3. The summed E-state index contributed by atoms with van der Waals surface area (Å²) in [4.78, 5) is 40.8. The third kappa shape index (κ3) is 10.5. The Balaban J connectivity index is 0.000000209. The van der Waals surface area contributed by atoms with Crippen LogP contribution in [-0.4, -0.2) is 75.9 Å². The lowest BCUT2D eigenvalue weighted by Gasteiger charge is -2.21. The fourth-order valence-electron chi connectivity index (χ4n) is 7.93. The number of esters is 2. The van der Waals surface area contributed by atoms with Gasteiger partial charge in [0, 0.05) is 48.8 Å². The molecule has 0 saturated carbocycles. The minimum atomic E-state index is -0.654. The molecule has 0 radical (unpaired) electrons. The Hall–Kier alpha value is -5.64. The van der Waals surface area contributed by atoms with Crippen LogP contribution in [-0.2, 0) is 41.6 Å². The summed E-state index contributed by atoms with van der Waals surface area (Å²) in [6.07, 6.45) is 2.40. The molecule has 6 aromatic rings. The summed E-state index contributed by atoms with van der Waals surface area (Å²) in [5.41, 5.74) is 2.89. The lowest BCUT2D eigenvalue weighted by Crippen LogP contribution is -2.30. The second kappa shape index (κ2) is 20.9. The van der Waals surface area contributed by atoms with Gasteiger partial charge in [-0.25, -0.2) is 14.3 Å². The quantitative estimate of drug-likeness (QED) is 0.0867. The van der Waals surface area contributed by atoms with Crippen LogP contribution in [0.3, 0.4) is 0 Å². The summed E-state index contributed by atoms with van der Waals surface area (Å²) in [6, 6.07) is 17.0. The third-order valence-corrected chi connectivity index (χ3v) is 11.6. The highest BCUT2D eigenvalue weighted by atomic mass is 35.5. The minimum Gasteiger partial charge on any atom is -0.457 e. The van der Waals surface area contributed by atoms with Gasteiger partial charge in [0.1, 0.15) is 17.7 Å². The highest BCUT2D eigenvalue weighted by Crippen LogP contribution is 2.40. The Morgan fingerprint density at radius 3 is 1.61 bits per heavy atom. The van der Waals surface area contributed by atoms with Crippen LogP contribution in [0.5, 0.6) is 0 Å². The van der Waals surface area contributed by atoms with Crippen LogP contribution in [0.25, 0.3) is 22.1 Å². The summed E-state index contributed by atoms with van der Waals surface area (Å²) in [5, 5.41) is 27.6. The zero-order chi connectivity index (χ0) is 44.9. The first kappa shape index (κ1) is 47.8. The molecule has 0 spiro atoms. The summed E-state index contributed by atoms with van der Waals surface area (Å²) in [6.45, 7) is 11.8. The molecule has 64 heavy (non-hydrogen) atoms. The van der Waals surface area contributed by atoms with Crippen LogP contribution in [0.4, 0.5) is 11.6 Å². The summed E-state index contributed by atoms with van der Waals surface area (Å²) in [7, 11) is 0. The number of nitrogens with one attached hydrogen (secondary N) is 2. The van der Waals surface area contributed by atoms with Gasteiger partial charge in [-0.05, 0) is 59.8 Å². The highest BCUT2D eigenvalue weighted by Gasteiger charge is 2.47. The van der Waals surface area contributed by atoms with E-state index >= 15 is 0 Å². The Bertz CT molecular complexity index is 2660. The van der Waals surface area contributed by atoms with Crippen molar-refractivity contribution < 1.29 is 28.5 Å². The maximum absolute atomic E-state index is 11.7. The predicted molar refractivity (Wildman–Crippen MR) is 242 cm³/mol. The number of nitrogens with zero attached hydrogens (tertiary/aromatic N) is 9. The van der Waals surface area contributed by atoms with E-state index in [0.29, 0.717) is 56.8 Å². The molecule has 0 amide bonds. The van der Waals surface area contributed by atoms with E-state index in [1.54, 1.807) is 27.8 Å². The van der Waals surface area contributed by atoms with Crippen molar-refractivity contribution in [2.45, 2.75) is 112 Å². The number of halogens is 3. The lowest BCUT2D eigenvalue weighted by molar-refractivity contribution is -0.154. The molecule has 0 aliphatic carbocycles. The number of rotatable bonds is 12. The number of anilines is 2. The Kier molecular flexibility index (Phi) is 15.6. The van der Waals surface area contributed by atoms with Crippen molar-refractivity contribution >= 4 is 80.4 Å². The molecular weight excluding hydrogens is 885 g/mol. The van der Waals surface area contributed by atoms with E-state index in [1.165, 1.54) is 13.8 Å². The molecule has 338 valence electrons. The molecule has 2 aliphatic rings. The van der Waals surface area contributed by atoms with E-state index in [1.807, 2.05) is 76.2 Å². The van der Waals surface area contributed by atoms with Crippen LogP contribution < -0.4 is 10.6 Å². The number of nitriles is 1. The van der Waals surface area contributed by atoms with Crippen LogP contribution >= 0.6 is 34.8 Å². The largest absolute Gasteiger partial charge is 0.457 e. The fourth-order valence-corrected chi connectivity index (χ4v) is 8.52. The summed E-state index contributed by atoms with van der Waals surface area (Å²) < 4.78 is 26.7. The van der Waals surface area contributed by atoms with E-state index in [-0.39, 0.29) is 54.5 Å². The second-order valence-corrected chi connectivity index (χ2v) is 16.5. The average Bonchev–Trinajstić information content (AvgIpc) is 4.02. The molecule has 17 nitrogen and oxygen atoms in total. The monoisotopic (exact) mass is 933 g/mol. The maximum atomic E-state index is 11.7. The smallest absolute Gasteiger partial charge is 0.303 e. The molecule has 2 aliphatic heterocycles. The van der Waals surface area contributed by atoms with Crippen molar-refractivity contribution in [3.63, 3.8) is 0 Å². The normalized spacial score (nSPS) is 22.6. The zero-order valence-electron chi connectivity index (χ0n) is 35.3. The number of benzene rings is 2. The van der Waals surface area contributed by atoms with Crippen molar-refractivity contribution in [2.24, 2.45) is 11.8 Å². The summed E-state index contributed by atoms with van der Waals surface area (Å²) in [5.74, 6) is 0.245. The van der Waals surface area contributed by atoms with E-state index in [0.717, 1.165) is 24.0 Å². The van der Waals surface area contributed by atoms with Gasteiger partial charge in [-0.1, -0.05) is 82.6 Å². The number of ether oxygens (including phenoxy) is 4. The number of aromatic nitrogens is 8. The molecule has 4 aromatic heterocycles. The van der Waals surface area contributed by atoms with Crippen LogP contribution in [0, 0.1) is 23.2 Å². The maximum Gasteiger partial charge on any atom is 0.303 e. The van der Waals surface area contributed by atoms with Gasteiger partial charge in [0.2, 0.25) is 11.1 Å². The van der Waals surface area contributed by atoms with Crippen molar-refractivity contribution in [3.05, 3.63) is 93.2 Å². The number of carbonyl (C=O) groups excluding carboxylic acids is 2. The minimum absolute atomic E-state index is 0. The first-order valence-electron chi connectivity index (χ1n) is 20.5. The van der Waals surface area contributed by atoms with Crippen molar-refractivity contribution in [3.8, 4) is 6.07 Å². The Labute approximate surface area is 385 Å². The first-order chi connectivity index (χ1) is 30.3. The number of hydrogen-bond acceptors (Lipinski definition) is 15. The molecule has 0 bridgehead atoms. The van der Waals surface area contributed by atoms with Crippen molar-refractivity contribution in [2.75, 3.05) is 10.6 Å².